The molecule has 0 aliphatic heterocycles. The summed E-state index contributed by atoms with van der Waals surface area (Å²) in [6.07, 6.45) is 2.84. The van der Waals surface area contributed by atoms with E-state index in [1.807, 2.05) is 79.1 Å². The number of H-pyrrole nitrogens is 1. The lowest BCUT2D eigenvalue weighted by atomic mass is 10.0. The Kier molecular flexibility index (Phi) is 6.53. The van der Waals surface area contributed by atoms with E-state index in [2.05, 4.69) is 29.4 Å². The second-order valence-corrected chi connectivity index (χ2v) is 8.13. The van der Waals surface area contributed by atoms with Gasteiger partial charge in [-0.25, -0.2) is 4.98 Å². The van der Waals surface area contributed by atoms with E-state index in [4.69, 9.17) is 4.98 Å². The Balaban J connectivity index is 1.74. The molecule has 0 aliphatic rings. The molecule has 0 radical (unpaired) electrons. The third-order valence-corrected chi connectivity index (χ3v) is 5.96. The van der Waals surface area contributed by atoms with E-state index in [-0.39, 0.29) is 11.9 Å². The van der Waals surface area contributed by atoms with Crippen LogP contribution in [0.15, 0.2) is 89.8 Å². The molecule has 0 fully saturated rings. The number of thioether (sulfide) groups is 1. The highest BCUT2D eigenvalue weighted by molar-refractivity contribution is 7.98. The summed E-state index contributed by atoms with van der Waals surface area (Å²) < 4.78 is 0. The van der Waals surface area contributed by atoms with Gasteiger partial charge in [-0.05, 0) is 30.4 Å². The lowest BCUT2D eigenvalue weighted by Crippen LogP contribution is -2.28. The molecule has 0 spiro atoms. The van der Waals surface area contributed by atoms with Crippen LogP contribution < -0.4 is 5.32 Å². The van der Waals surface area contributed by atoms with Crippen molar-refractivity contribution in [2.24, 2.45) is 0 Å². The summed E-state index contributed by atoms with van der Waals surface area (Å²) in [5, 5.41) is 3.19. The number of carbonyl (C=O) groups is 1. The molecule has 0 aliphatic carbocycles. The van der Waals surface area contributed by atoms with Gasteiger partial charge in [0.2, 0.25) is 0 Å². The van der Waals surface area contributed by atoms with Crippen molar-refractivity contribution in [1.82, 2.24) is 15.3 Å². The summed E-state index contributed by atoms with van der Waals surface area (Å²) in [5.41, 5.74) is 4.09. The minimum absolute atomic E-state index is 0.0671. The van der Waals surface area contributed by atoms with Gasteiger partial charge >= 0.3 is 0 Å². The molecule has 156 valence electrons. The fraction of sp³-hybridized carbons (Fsp3) is 0.154. The Hall–Kier alpha value is -3.31. The average Bonchev–Trinajstić information content (AvgIpc) is 3.29. The third kappa shape index (κ3) is 4.72. The molecule has 4 aromatic rings. The number of nitrogens with zero attached hydrogens (tertiary/aromatic N) is 1. The zero-order valence-electron chi connectivity index (χ0n) is 17.6. The van der Waals surface area contributed by atoms with Crippen LogP contribution in [0.4, 0.5) is 0 Å². The van der Waals surface area contributed by atoms with E-state index in [1.165, 1.54) is 0 Å². The molecule has 3 aromatic carbocycles. The average molecular weight is 428 g/mol. The van der Waals surface area contributed by atoms with Crippen molar-refractivity contribution >= 4 is 17.7 Å². The van der Waals surface area contributed by atoms with Crippen LogP contribution in [0.1, 0.15) is 35.4 Å². The molecular formula is C26H25N3OS. The quantitative estimate of drug-likeness (QED) is 0.338. The van der Waals surface area contributed by atoms with E-state index < -0.39 is 0 Å². The van der Waals surface area contributed by atoms with E-state index >= 15 is 0 Å². The normalized spacial score (nSPS) is 11.8. The number of aromatic nitrogens is 2. The van der Waals surface area contributed by atoms with Crippen LogP contribution in [-0.2, 0) is 0 Å². The standard InChI is InChI=1S/C26H25N3OS/c1-3-22(18-11-6-4-7-12-18)27-26(30)24-23(20-15-10-16-21(17-20)31-2)28-25(29-24)19-13-8-5-9-14-19/h4-17,22H,3H2,1-2H3,(H,27,30)(H,28,29). The van der Waals surface area contributed by atoms with Crippen LogP contribution in [0.5, 0.6) is 0 Å². The number of hydrogen-bond donors (Lipinski definition) is 2. The van der Waals surface area contributed by atoms with Crippen molar-refractivity contribution in [2.45, 2.75) is 24.3 Å². The van der Waals surface area contributed by atoms with Crippen molar-refractivity contribution in [3.63, 3.8) is 0 Å². The summed E-state index contributed by atoms with van der Waals surface area (Å²) in [6, 6.07) is 28.0. The molecule has 5 heteroatoms. The van der Waals surface area contributed by atoms with Gasteiger partial charge in [-0.1, -0.05) is 79.7 Å². The molecular weight excluding hydrogens is 402 g/mol. The minimum Gasteiger partial charge on any atom is -0.344 e. The first kappa shape index (κ1) is 20.9. The first-order chi connectivity index (χ1) is 15.2. The number of aromatic amines is 1. The van der Waals surface area contributed by atoms with Gasteiger partial charge in [0.15, 0.2) is 0 Å². The minimum atomic E-state index is -0.157. The molecule has 1 atom stereocenters. The summed E-state index contributed by atoms with van der Waals surface area (Å²) in [5.74, 6) is 0.526. The van der Waals surface area contributed by atoms with Crippen LogP contribution in [0, 0.1) is 0 Å². The van der Waals surface area contributed by atoms with Crippen LogP contribution in [0.3, 0.4) is 0 Å². The fourth-order valence-corrected chi connectivity index (χ4v) is 4.05. The van der Waals surface area contributed by atoms with E-state index in [0.717, 1.165) is 28.0 Å². The summed E-state index contributed by atoms with van der Waals surface area (Å²) in [6.45, 7) is 2.07. The van der Waals surface area contributed by atoms with Gasteiger partial charge in [0.1, 0.15) is 17.2 Å². The fourth-order valence-electron chi connectivity index (χ4n) is 3.59. The Morgan fingerprint density at radius 3 is 2.32 bits per heavy atom. The predicted octanol–water partition coefficient (Wildman–Crippen LogP) is 6.35. The number of nitrogens with one attached hydrogen (secondary N) is 2. The van der Waals surface area contributed by atoms with Gasteiger partial charge in [-0.2, -0.15) is 0 Å². The lowest BCUT2D eigenvalue weighted by Gasteiger charge is -2.17. The molecule has 4 nitrogen and oxygen atoms in total. The SMILES string of the molecule is CCC(NC(=O)c1[nH]c(-c2ccccc2)nc1-c1cccc(SC)c1)c1ccccc1. The van der Waals surface area contributed by atoms with Crippen molar-refractivity contribution in [2.75, 3.05) is 6.26 Å². The second-order valence-electron chi connectivity index (χ2n) is 7.25. The summed E-state index contributed by atoms with van der Waals surface area (Å²) in [7, 11) is 0. The van der Waals surface area contributed by atoms with E-state index in [9.17, 15) is 4.79 Å². The van der Waals surface area contributed by atoms with Gasteiger partial charge in [0.25, 0.3) is 5.91 Å². The lowest BCUT2D eigenvalue weighted by molar-refractivity contribution is 0.0932. The zero-order valence-corrected chi connectivity index (χ0v) is 18.4. The number of hydrogen-bond acceptors (Lipinski definition) is 3. The highest BCUT2D eigenvalue weighted by Crippen LogP contribution is 2.29. The Labute approximate surface area is 187 Å². The molecule has 1 unspecified atom stereocenters. The van der Waals surface area contributed by atoms with E-state index in [1.54, 1.807) is 11.8 Å². The molecule has 4 rings (SSSR count). The second kappa shape index (κ2) is 9.67. The van der Waals surface area contributed by atoms with Crippen LogP contribution >= 0.6 is 11.8 Å². The Bertz CT molecular complexity index is 1160. The van der Waals surface area contributed by atoms with Crippen LogP contribution in [-0.4, -0.2) is 22.1 Å². The summed E-state index contributed by atoms with van der Waals surface area (Å²) >= 11 is 1.67. The van der Waals surface area contributed by atoms with Crippen molar-refractivity contribution in [3.05, 3.63) is 96.2 Å². The Morgan fingerprint density at radius 1 is 0.968 bits per heavy atom. The molecule has 31 heavy (non-hydrogen) atoms. The number of carbonyl (C=O) groups excluding carboxylic acids is 1. The first-order valence-corrected chi connectivity index (χ1v) is 11.6. The van der Waals surface area contributed by atoms with Gasteiger partial charge in [-0.3, -0.25) is 4.79 Å². The van der Waals surface area contributed by atoms with E-state index in [0.29, 0.717) is 17.2 Å². The van der Waals surface area contributed by atoms with Crippen molar-refractivity contribution in [3.8, 4) is 22.6 Å². The maximum absolute atomic E-state index is 13.4. The molecule has 2 N–H and O–H groups in total. The third-order valence-electron chi connectivity index (χ3n) is 5.24. The first-order valence-electron chi connectivity index (χ1n) is 10.3. The maximum atomic E-state index is 13.4. The number of imidazole rings is 1. The predicted molar refractivity (Wildman–Crippen MR) is 128 cm³/mol. The summed E-state index contributed by atoms with van der Waals surface area (Å²) in [4.78, 5) is 22.6. The molecule has 1 aromatic heterocycles. The van der Waals surface area contributed by atoms with Crippen LogP contribution in [0.2, 0.25) is 0 Å². The number of benzene rings is 3. The largest absolute Gasteiger partial charge is 0.344 e. The topological polar surface area (TPSA) is 57.8 Å². The highest BCUT2D eigenvalue weighted by Gasteiger charge is 2.22. The van der Waals surface area contributed by atoms with Gasteiger partial charge < -0.3 is 10.3 Å². The van der Waals surface area contributed by atoms with Crippen molar-refractivity contribution < 1.29 is 4.79 Å². The Morgan fingerprint density at radius 2 is 1.65 bits per heavy atom. The zero-order chi connectivity index (χ0) is 21.6. The molecule has 0 saturated heterocycles. The monoisotopic (exact) mass is 427 g/mol. The van der Waals surface area contributed by atoms with Crippen LogP contribution in [0.25, 0.3) is 22.6 Å². The molecule has 0 saturated carbocycles. The van der Waals surface area contributed by atoms with Gasteiger partial charge in [0, 0.05) is 16.0 Å². The van der Waals surface area contributed by atoms with Crippen molar-refractivity contribution in [1.29, 1.82) is 0 Å². The molecule has 1 heterocycles. The smallest absolute Gasteiger partial charge is 0.270 e. The number of amides is 1. The van der Waals surface area contributed by atoms with Gasteiger partial charge in [0.05, 0.1) is 6.04 Å². The molecule has 0 bridgehead atoms. The van der Waals surface area contributed by atoms with Gasteiger partial charge in [-0.15, -0.1) is 11.8 Å². The highest BCUT2D eigenvalue weighted by atomic mass is 32.2. The number of rotatable bonds is 7. The molecule has 1 amide bonds. The maximum Gasteiger partial charge on any atom is 0.270 e.